The Balaban J connectivity index is 1.34. The van der Waals surface area contributed by atoms with Crippen LogP contribution in [0.1, 0.15) is 69.9 Å². The van der Waals surface area contributed by atoms with Gasteiger partial charge in [0, 0.05) is 0 Å². The number of carbonyl (C=O) groups is 2. The molecule has 24 heteroatoms. The van der Waals surface area contributed by atoms with Crippen molar-refractivity contribution in [2.24, 2.45) is 20.5 Å². The molecule has 4 N–H and O–H groups in total. The molecule has 2 aromatic carbocycles. The molecule has 1 atom stereocenters. The Bertz CT molecular complexity index is 2820. The van der Waals surface area contributed by atoms with Gasteiger partial charge < -0.3 is 4.74 Å². The first-order valence-corrected chi connectivity index (χ1v) is 23.5. The van der Waals surface area contributed by atoms with E-state index in [1.807, 2.05) is 67.6 Å². The summed E-state index contributed by atoms with van der Waals surface area (Å²) in [6.07, 6.45) is 6.22. The van der Waals surface area contributed by atoms with Crippen LogP contribution in [0.15, 0.2) is 93.5 Å². The van der Waals surface area contributed by atoms with Crippen LogP contribution in [0.2, 0.25) is 0 Å². The summed E-state index contributed by atoms with van der Waals surface area (Å²) in [7, 11) is 3.95. The van der Waals surface area contributed by atoms with Crippen molar-refractivity contribution in [1.29, 1.82) is 0 Å². The first-order valence-electron chi connectivity index (χ1n) is 19.7. The molecule has 0 amide bonds. The summed E-state index contributed by atoms with van der Waals surface area (Å²) in [5.41, 5.74) is 16.2. The third-order valence-corrected chi connectivity index (χ3v) is 13.2. The summed E-state index contributed by atoms with van der Waals surface area (Å²) in [5.74, 6) is -1.01. The van der Waals surface area contributed by atoms with E-state index >= 15 is 0 Å². The number of aromatic nitrogens is 11. The van der Waals surface area contributed by atoms with Crippen molar-refractivity contribution in [1.82, 2.24) is 54.1 Å². The molecular formula is C40H42I2N17O5-. The van der Waals surface area contributed by atoms with E-state index in [0.29, 0.717) is 20.8 Å². The number of benzene rings is 2. The van der Waals surface area contributed by atoms with Crippen molar-refractivity contribution in [3.05, 3.63) is 93.6 Å². The van der Waals surface area contributed by atoms with Crippen molar-refractivity contribution >= 4 is 69.2 Å². The molecule has 0 aliphatic heterocycles. The van der Waals surface area contributed by atoms with Gasteiger partial charge >= 0.3 is 311 Å². The first kappa shape index (κ1) is 45.3. The molecule has 0 aliphatic rings. The number of esters is 2. The number of azo groups is 2. The summed E-state index contributed by atoms with van der Waals surface area (Å²) in [6.45, 7) is 4.16. The van der Waals surface area contributed by atoms with Gasteiger partial charge in [-0.1, -0.05) is 25.1 Å². The summed E-state index contributed by atoms with van der Waals surface area (Å²) in [5, 5.41) is 36.7. The van der Waals surface area contributed by atoms with Gasteiger partial charge in [-0.15, -0.1) is 0 Å². The SMILES string of the molecule is CCCC[I-]c1nn(-c2nc(OC)nc(-n3nc(C(I)CCC)c(N=Nc4c(C(=O)OC)cnn4-c4ccccc4)c3N)n2)c(N)c1N=Nc1c(C(=O)OC)cnn1-c1ccccc1. The number of methoxy groups -OCH3 is 3. The Morgan fingerprint density at radius 1 is 0.703 bits per heavy atom. The van der Waals surface area contributed by atoms with E-state index in [0.717, 1.165) is 30.1 Å². The molecule has 332 valence electrons. The molecule has 7 aromatic rings. The zero-order chi connectivity index (χ0) is 45.3. The van der Waals surface area contributed by atoms with E-state index in [9.17, 15) is 9.59 Å². The normalized spacial score (nSPS) is 12.1. The maximum absolute atomic E-state index is 12.8. The molecule has 64 heavy (non-hydrogen) atoms. The number of hydrogen-bond acceptors (Lipinski definition) is 18. The zero-order valence-electron chi connectivity index (χ0n) is 35.2. The number of rotatable bonds is 18. The number of alkyl halides is 2. The van der Waals surface area contributed by atoms with E-state index in [2.05, 4.69) is 70.1 Å². The molecule has 5 heterocycles. The molecule has 0 aliphatic carbocycles. The molecule has 0 saturated heterocycles. The van der Waals surface area contributed by atoms with Crippen LogP contribution in [-0.2, 0) is 9.47 Å². The third kappa shape index (κ3) is 9.45. The van der Waals surface area contributed by atoms with Gasteiger partial charge in [0.05, 0.1) is 19.0 Å². The summed E-state index contributed by atoms with van der Waals surface area (Å²) in [4.78, 5) is 39.4. The minimum absolute atomic E-state index is 0.0279. The second-order valence-corrected chi connectivity index (χ2v) is 17.8. The molecular weight excluding hydrogens is 1050 g/mol. The van der Waals surface area contributed by atoms with E-state index in [4.69, 9.17) is 40.9 Å². The predicted octanol–water partition coefficient (Wildman–Crippen LogP) is 4.53. The number of hydrogen-bond donors (Lipinski definition) is 2. The van der Waals surface area contributed by atoms with Crippen LogP contribution in [-0.4, -0.2) is 91.8 Å². The quantitative estimate of drug-likeness (QED) is 0.0393. The third-order valence-electron chi connectivity index (χ3n) is 9.26. The fourth-order valence-corrected chi connectivity index (χ4v) is 9.84. The van der Waals surface area contributed by atoms with Gasteiger partial charge in [0.25, 0.3) is 0 Å². The van der Waals surface area contributed by atoms with E-state index < -0.39 is 33.1 Å². The van der Waals surface area contributed by atoms with Gasteiger partial charge in [-0.05, 0) is 12.1 Å². The van der Waals surface area contributed by atoms with Crippen LogP contribution in [0.4, 0.5) is 34.6 Å². The number of ether oxygens (including phenoxy) is 3. The Labute approximate surface area is 389 Å². The molecule has 5 aromatic heterocycles. The van der Waals surface area contributed by atoms with Gasteiger partial charge in [-0.3, -0.25) is 0 Å². The van der Waals surface area contributed by atoms with Crippen LogP contribution >= 0.6 is 22.6 Å². The predicted molar refractivity (Wildman–Crippen MR) is 238 cm³/mol. The maximum atomic E-state index is 12.8. The van der Waals surface area contributed by atoms with Crippen molar-refractivity contribution in [2.45, 2.75) is 43.5 Å². The van der Waals surface area contributed by atoms with E-state index in [-0.39, 0.29) is 67.6 Å². The number of nitrogen functional groups attached to an aromatic ring is 2. The van der Waals surface area contributed by atoms with E-state index in [1.54, 1.807) is 0 Å². The Hall–Kier alpha value is -6.71. The Morgan fingerprint density at radius 2 is 1.22 bits per heavy atom. The van der Waals surface area contributed by atoms with E-state index in [1.165, 1.54) is 52.5 Å². The van der Waals surface area contributed by atoms with Crippen molar-refractivity contribution < 1.29 is 45.0 Å². The molecule has 0 fully saturated rings. The molecule has 0 radical (unpaired) electrons. The average Bonchev–Trinajstić information content (AvgIpc) is 4.10. The molecule has 0 bridgehead atoms. The van der Waals surface area contributed by atoms with Crippen LogP contribution < -0.4 is 37.4 Å². The second-order valence-electron chi connectivity index (χ2n) is 13.5. The summed E-state index contributed by atoms with van der Waals surface area (Å²) < 4.78 is 22.5. The summed E-state index contributed by atoms with van der Waals surface area (Å²) >= 11 is 1.53. The molecule has 0 spiro atoms. The van der Waals surface area contributed by atoms with Crippen LogP contribution in [0.5, 0.6) is 6.01 Å². The number of unbranched alkanes of at least 4 members (excludes halogenated alkanes) is 1. The number of nitrogens with two attached hydrogens (primary N) is 2. The van der Waals surface area contributed by atoms with Crippen molar-refractivity contribution in [3.8, 4) is 29.3 Å². The first-order chi connectivity index (χ1) is 31.1. The fourth-order valence-electron chi connectivity index (χ4n) is 6.03. The standard InChI is InChI=1S/C40H42I2N17O5/c1-6-8-20-42-31-30(51-53-35-26(37(61)63-4)22-46-57(35)24-18-13-10-14-19-24)33(44)59(55-31)39-47-38(48-40(49-39)64-5)58-32(43)29(28(54-58)27(41)15-7-2)50-52-34-25(36(60)62-3)21-45-56(34)23-16-11-9-12-17-23/h9-14,16-19,21-22,27H,6-8,15,20,43-44H2,1-5H3/q-1. The molecule has 1 unspecified atom stereocenters. The van der Waals surface area contributed by atoms with Gasteiger partial charge in [0.1, 0.15) is 5.56 Å². The van der Waals surface area contributed by atoms with Crippen molar-refractivity contribution in [2.75, 3.05) is 37.2 Å². The van der Waals surface area contributed by atoms with Crippen LogP contribution in [0.3, 0.4) is 0 Å². The van der Waals surface area contributed by atoms with Crippen LogP contribution in [0, 0.1) is 3.70 Å². The molecule has 7 rings (SSSR count). The van der Waals surface area contributed by atoms with Gasteiger partial charge in [-0.25, -0.2) is 9.48 Å². The fraction of sp³-hybridized carbons (Fsp3) is 0.275. The zero-order valence-corrected chi connectivity index (χ0v) is 39.5. The Kier molecular flexibility index (Phi) is 14.6. The Morgan fingerprint density at radius 3 is 1.72 bits per heavy atom. The topological polar surface area (TPSA) is 273 Å². The number of nitrogens with zero attached hydrogens (tertiary/aromatic N) is 15. The second kappa shape index (κ2) is 20.6. The number of halogens is 2. The molecule has 0 saturated carbocycles. The number of para-hydroxylation sites is 2. The van der Waals surface area contributed by atoms with Gasteiger partial charge in [0.15, 0.2) is 0 Å². The number of carbonyl (C=O) groups excluding carboxylic acids is 2. The monoisotopic (exact) mass is 1090 g/mol. The van der Waals surface area contributed by atoms with Crippen molar-refractivity contribution in [3.63, 3.8) is 0 Å². The van der Waals surface area contributed by atoms with Crippen LogP contribution in [0.25, 0.3) is 23.3 Å². The summed E-state index contributed by atoms with van der Waals surface area (Å²) in [6, 6.07) is 18.2. The van der Waals surface area contributed by atoms with Gasteiger partial charge in [0.2, 0.25) is 0 Å². The number of anilines is 2. The average molecular weight is 1090 g/mol. The molecule has 22 nitrogen and oxygen atoms in total. The minimum atomic E-state index is -0.743. The van der Waals surface area contributed by atoms with Gasteiger partial charge in [-0.2, -0.15) is 5.10 Å².